The molecule has 5 rings (SSSR count). The first-order chi connectivity index (χ1) is 16.9. The molecule has 0 radical (unpaired) electrons. The molecule has 0 saturated heterocycles. The molecule has 3 aliphatic heterocycles. The highest BCUT2D eigenvalue weighted by molar-refractivity contribution is 5.89. The zero-order valence-electron chi connectivity index (χ0n) is 18.6. The minimum absolute atomic E-state index is 0.0173. The van der Waals surface area contributed by atoms with E-state index in [9.17, 15) is 26.3 Å². The highest BCUT2D eigenvalue weighted by Crippen LogP contribution is 2.40. The van der Waals surface area contributed by atoms with Crippen LogP contribution in [0.2, 0.25) is 0 Å². The zero-order chi connectivity index (χ0) is 25.8. The minimum atomic E-state index is -5.03. The smallest absolute Gasteiger partial charge is 0.392 e. The number of fused-ring (bicyclic) bond motifs is 1. The molecule has 8 nitrogen and oxygen atoms in total. The number of aromatic nitrogens is 5. The van der Waals surface area contributed by atoms with E-state index < -0.39 is 29.0 Å². The van der Waals surface area contributed by atoms with Crippen LogP contribution in [-0.2, 0) is 23.7 Å². The maximum Gasteiger partial charge on any atom is 0.417 e. The Hall–Kier alpha value is -3.97. The SMILES string of the molecule is CC1=NOC(C)C1c1nc2cnn(Cc3cc(-c4ccc(C(F)(F)F)cc4C(F)(F)F)no3)cc-2n1. The third-order valence-corrected chi connectivity index (χ3v) is 5.70. The van der Waals surface area contributed by atoms with Crippen LogP contribution in [-0.4, -0.2) is 36.7 Å². The van der Waals surface area contributed by atoms with Crippen LogP contribution in [0.25, 0.3) is 22.6 Å². The lowest BCUT2D eigenvalue weighted by Crippen LogP contribution is -2.17. The summed E-state index contributed by atoms with van der Waals surface area (Å²) < 4.78 is 85.9. The lowest BCUT2D eigenvalue weighted by Gasteiger charge is -2.14. The maximum absolute atomic E-state index is 13.5. The third kappa shape index (κ3) is 4.38. The molecule has 0 N–H and O–H groups in total. The van der Waals surface area contributed by atoms with Gasteiger partial charge in [0.2, 0.25) is 0 Å². The predicted octanol–water partition coefficient (Wildman–Crippen LogP) is 5.40. The Bertz CT molecular complexity index is 1420. The molecule has 4 heterocycles. The van der Waals surface area contributed by atoms with E-state index in [1.54, 1.807) is 6.20 Å². The van der Waals surface area contributed by atoms with E-state index in [1.807, 2.05) is 13.8 Å². The van der Waals surface area contributed by atoms with Gasteiger partial charge in [0.1, 0.15) is 35.6 Å². The van der Waals surface area contributed by atoms with Crippen LogP contribution >= 0.6 is 0 Å². The Balaban J connectivity index is 1.42. The molecule has 2 aromatic rings. The second kappa shape index (κ2) is 8.31. The highest BCUT2D eigenvalue weighted by Gasteiger charge is 2.39. The van der Waals surface area contributed by atoms with Crippen molar-refractivity contribution in [3.63, 3.8) is 0 Å². The largest absolute Gasteiger partial charge is 0.417 e. The fourth-order valence-corrected chi connectivity index (χ4v) is 3.98. The summed E-state index contributed by atoms with van der Waals surface area (Å²) in [7, 11) is 0. The van der Waals surface area contributed by atoms with Crippen LogP contribution in [0.1, 0.15) is 42.5 Å². The van der Waals surface area contributed by atoms with Gasteiger partial charge in [-0.15, -0.1) is 0 Å². The molecule has 2 unspecified atom stereocenters. The van der Waals surface area contributed by atoms with Gasteiger partial charge in [-0.05, 0) is 26.0 Å². The lowest BCUT2D eigenvalue weighted by atomic mass is 9.99. The molecule has 1 aromatic heterocycles. The van der Waals surface area contributed by atoms with Gasteiger partial charge in [0.25, 0.3) is 0 Å². The summed E-state index contributed by atoms with van der Waals surface area (Å²) in [6, 6.07) is 2.57. The molecule has 1 aromatic carbocycles. The number of benzene rings is 1. The van der Waals surface area contributed by atoms with Crippen molar-refractivity contribution in [3.05, 3.63) is 59.4 Å². The topological polar surface area (TPSA) is 91.2 Å². The maximum atomic E-state index is 13.5. The zero-order valence-corrected chi connectivity index (χ0v) is 18.6. The monoisotopic (exact) mass is 510 g/mol. The number of rotatable bonds is 4. The standard InChI is InChI=1S/C22H16F6N6O2/c1-10-19(11(2)35-32-10)20-30-17-7-29-34(9-18(17)31-20)8-13-6-16(33-36-13)14-4-3-12(21(23,24)25)5-15(14)22(26,27)28/h3-7,9,11,19H,8H2,1-2H3. The van der Waals surface area contributed by atoms with Gasteiger partial charge in [-0.3, -0.25) is 4.68 Å². The van der Waals surface area contributed by atoms with Gasteiger partial charge in [0, 0.05) is 11.6 Å². The van der Waals surface area contributed by atoms with Crippen LogP contribution < -0.4 is 0 Å². The van der Waals surface area contributed by atoms with Gasteiger partial charge < -0.3 is 9.36 Å². The van der Waals surface area contributed by atoms with Crippen LogP contribution in [0.15, 0.2) is 46.3 Å². The summed E-state index contributed by atoms with van der Waals surface area (Å²) in [4.78, 5) is 14.3. The number of hydrogen-bond acceptors (Lipinski definition) is 7. The van der Waals surface area contributed by atoms with E-state index in [0.717, 1.165) is 11.8 Å². The van der Waals surface area contributed by atoms with E-state index in [4.69, 9.17) is 9.36 Å². The van der Waals surface area contributed by atoms with Crippen molar-refractivity contribution in [2.24, 2.45) is 5.16 Å². The summed E-state index contributed by atoms with van der Waals surface area (Å²) in [5.41, 5.74) is -1.86. The average Bonchev–Trinajstić information content (AvgIpc) is 3.50. The summed E-state index contributed by atoms with van der Waals surface area (Å²) in [6.45, 7) is 3.65. The summed E-state index contributed by atoms with van der Waals surface area (Å²) in [6.07, 6.45) is -7.11. The van der Waals surface area contributed by atoms with E-state index in [-0.39, 0.29) is 36.1 Å². The quantitative estimate of drug-likeness (QED) is 0.342. The number of alkyl halides is 6. The average molecular weight is 510 g/mol. The molecule has 0 bridgehead atoms. The van der Waals surface area contributed by atoms with E-state index >= 15 is 0 Å². The Morgan fingerprint density at radius 1 is 0.972 bits per heavy atom. The normalized spacial score (nSPS) is 18.5. The Labute approximate surface area is 198 Å². The van der Waals surface area contributed by atoms with Gasteiger partial charge in [-0.25, -0.2) is 9.97 Å². The molecule has 0 saturated carbocycles. The van der Waals surface area contributed by atoms with Crippen molar-refractivity contribution >= 4 is 5.71 Å². The molecule has 2 atom stereocenters. The second-order valence-electron chi connectivity index (χ2n) is 8.28. The molecule has 3 aliphatic rings. The fourth-order valence-electron chi connectivity index (χ4n) is 3.98. The number of halogens is 6. The van der Waals surface area contributed by atoms with Crippen LogP contribution in [0.5, 0.6) is 0 Å². The van der Waals surface area contributed by atoms with Gasteiger partial charge >= 0.3 is 12.4 Å². The molecule has 0 fully saturated rings. The summed E-state index contributed by atoms with van der Waals surface area (Å²) in [5, 5.41) is 11.8. The first-order valence-electron chi connectivity index (χ1n) is 10.5. The van der Waals surface area contributed by atoms with Crippen molar-refractivity contribution in [2.75, 3.05) is 0 Å². The van der Waals surface area contributed by atoms with Gasteiger partial charge in [-0.2, -0.15) is 31.4 Å². The van der Waals surface area contributed by atoms with Crippen molar-refractivity contribution in [1.29, 1.82) is 0 Å². The molecule has 188 valence electrons. The Kier molecular flexibility index (Phi) is 5.48. The Morgan fingerprint density at radius 3 is 2.39 bits per heavy atom. The highest BCUT2D eigenvalue weighted by atomic mass is 19.4. The van der Waals surface area contributed by atoms with Crippen molar-refractivity contribution in [1.82, 2.24) is 24.9 Å². The van der Waals surface area contributed by atoms with Gasteiger partial charge in [0.05, 0.1) is 35.2 Å². The molecule has 14 heteroatoms. The van der Waals surface area contributed by atoms with E-state index in [0.29, 0.717) is 23.3 Å². The van der Waals surface area contributed by atoms with Crippen molar-refractivity contribution in [3.8, 4) is 22.6 Å². The van der Waals surface area contributed by atoms with Gasteiger partial charge in [-0.1, -0.05) is 16.4 Å². The van der Waals surface area contributed by atoms with E-state index in [2.05, 4.69) is 25.4 Å². The first-order valence-corrected chi connectivity index (χ1v) is 10.5. The van der Waals surface area contributed by atoms with Crippen LogP contribution in [0, 0.1) is 0 Å². The van der Waals surface area contributed by atoms with Crippen molar-refractivity contribution < 1.29 is 35.7 Å². The minimum Gasteiger partial charge on any atom is -0.392 e. The number of oxime groups is 1. The van der Waals surface area contributed by atoms with Crippen LogP contribution in [0.4, 0.5) is 26.3 Å². The molecule has 0 spiro atoms. The summed E-state index contributed by atoms with van der Waals surface area (Å²) in [5.74, 6) is 0.462. The second-order valence-corrected chi connectivity index (χ2v) is 8.28. The third-order valence-electron chi connectivity index (χ3n) is 5.70. The first kappa shape index (κ1) is 23.8. The molecular formula is C22H16F6N6O2. The number of nitrogens with zero attached hydrogens (tertiary/aromatic N) is 6. The molecule has 0 amide bonds. The van der Waals surface area contributed by atoms with Crippen molar-refractivity contribution in [2.45, 2.75) is 44.8 Å². The lowest BCUT2D eigenvalue weighted by molar-refractivity contribution is -0.142. The number of imidazole rings is 1. The van der Waals surface area contributed by atoms with Gasteiger partial charge in [0.15, 0.2) is 5.76 Å². The summed E-state index contributed by atoms with van der Waals surface area (Å²) >= 11 is 0. The predicted molar refractivity (Wildman–Crippen MR) is 112 cm³/mol. The molecular weight excluding hydrogens is 494 g/mol. The molecule has 0 aliphatic carbocycles. The fraction of sp³-hybridized carbons (Fsp3) is 0.318. The number of hydrogen-bond donors (Lipinski definition) is 0. The van der Waals surface area contributed by atoms with E-state index in [1.165, 1.54) is 16.9 Å². The van der Waals surface area contributed by atoms with Crippen LogP contribution in [0.3, 0.4) is 0 Å². The molecule has 36 heavy (non-hydrogen) atoms. The Morgan fingerprint density at radius 2 is 1.72 bits per heavy atom.